The maximum Gasteiger partial charge on any atom is 0.260 e. The van der Waals surface area contributed by atoms with Crippen molar-refractivity contribution >= 4 is 11.7 Å². The molecular formula is C20H22N6O2. The fraction of sp³-hybridized carbons (Fsp3) is 0.300. The summed E-state index contributed by atoms with van der Waals surface area (Å²) >= 11 is 0. The molecule has 1 fully saturated rings. The normalized spacial score (nSPS) is 14.2. The predicted octanol–water partition coefficient (Wildman–Crippen LogP) is 1.70. The number of aromatic nitrogens is 4. The van der Waals surface area contributed by atoms with E-state index in [1.807, 2.05) is 66.6 Å². The average Bonchev–Trinajstić information content (AvgIpc) is 3.19. The van der Waals surface area contributed by atoms with Crippen LogP contribution in [0.25, 0.3) is 5.82 Å². The van der Waals surface area contributed by atoms with Gasteiger partial charge in [0.25, 0.3) is 5.91 Å². The van der Waals surface area contributed by atoms with Gasteiger partial charge in [0.2, 0.25) is 0 Å². The first-order valence-electron chi connectivity index (χ1n) is 9.26. The van der Waals surface area contributed by atoms with Crippen LogP contribution in [0.3, 0.4) is 0 Å². The standard InChI is InChI=1S/C20H22N6O2/c1-16-9-10-26(23-16)19-8-7-18(21-22-19)24-11-13-25(14-12-24)20(27)15-28-17-5-3-2-4-6-17/h2-10H,11-15H2,1H3. The van der Waals surface area contributed by atoms with Crippen molar-refractivity contribution in [2.75, 3.05) is 37.7 Å². The Bertz CT molecular complexity index is 917. The van der Waals surface area contributed by atoms with Crippen molar-refractivity contribution in [2.45, 2.75) is 6.92 Å². The Hall–Kier alpha value is -3.42. The predicted molar refractivity (Wildman–Crippen MR) is 105 cm³/mol. The SMILES string of the molecule is Cc1ccn(-c2ccc(N3CCN(C(=O)COc4ccccc4)CC3)nn2)n1. The van der Waals surface area contributed by atoms with Crippen LogP contribution in [0.15, 0.2) is 54.7 Å². The highest BCUT2D eigenvalue weighted by Crippen LogP contribution is 2.15. The zero-order valence-corrected chi connectivity index (χ0v) is 15.7. The Labute approximate surface area is 163 Å². The minimum Gasteiger partial charge on any atom is -0.484 e. The fourth-order valence-electron chi connectivity index (χ4n) is 3.09. The van der Waals surface area contributed by atoms with Crippen molar-refractivity contribution in [3.63, 3.8) is 0 Å². The number of para-hydroxylation sites is 1. The highest BCUT2D eigenvalue weighted by Gasteiger charge is 2.22. The third-order valence-electron chi connectivity index (χ3n) is 4.66. The Kier molecular flexibility index (Phi) is 5.18. The van der Waals surface area contributed by atoms with Crippen molar-refractivity contribution in [3.05, 3.63) is 60.4 Å². The van der Waals surface area contributed by atoms with Gasteiger partial charge in [-0.25, -0.2) is 4.68 Å². The molecule has 144 valence electrons. The fourth-order valence-corrected chi connectivity index (χ4v) is 3.09. The quantitative estimate of drug-likeness (QED) is 0.673. The molecule has 0 N–H and O–H groups in total. The number of nitrogens with zero attached hydrogens (tertiary/aromatic N) is 6. The highest BCUT2D eigenvalue weighted by atomic mass is 16.5. The molecule has 1 aliphatic heterocycles. The van der Waals surface area contributed by atoms with Gasteiger partial charge in [-0.3, -0.25) is 4.79 Å². The Balaban J connectivity index is 1.29. The first-order chi connectivity index (χ1) is 13.7. The molecule has 8 nitrogen and oxygen atoms in total. The Morgan fingerprint density at radius 3 is 2.32 bits per heavy atom. The minimum absolute atomic E-state index is 0.000938. The van der Waals surface area contributed by atoms with E-state index in [9.17, 15) is 4.79 Å². The molecule has 0 atom stereocenters. The zero-order chi connectivity index (χ0) is 19.3. The molecule has 1 aliphatic rings. The van der Waals surface area contributed by atoms with E-state index >= 15 is 0 Å². The number of hydrogen-bond acceptors (Lipinski definition) is 6. The van der Waals surface area contributed by atoms with Gasteiger partial charge in [0, 0.05) is 32.4 Å². The third-order valence-corrected chi connectivity index (χ3v) is 4.66. The second-order valence-electron chi connectivity index (χ2n) is 6.62. The lowest BCUT2D eigenvalue weighted by Gasteiger charge is -2.35. The topological polar surface area (TPSA) is 76.4 Å². The van der Waals surface area contributed by atoms with E-state index in [-0.39, 0.29) is 12.5 Å². The smallest absolute Gasteiger partial charge is 0.260 e. The zero-order valence-electron chi connectivity index (χ0n) is 15.7. The summed E-state index contributed by atoms with van der Waals surface area (Å²) < 4.78 is 7.26. The molecule has 3 aromatic rings. The van der Waals surface area contributed by atoms with Crippen molar-refractivity contribution in [3.8, 4) is 11.6 Å². The second-order valence-corrected chi connectivity index (χ2v) is 6.62. The largest absolute Gasteiger partial charge is 0.484 e. The monoisotopic (exact) mass is 378 g/mol. The summed E-state index contributed by atoms with van der Waals surface area (Å²) in [5, 5.41) is 12.9. The molecule has 0 saturated carbocycles. The minimum atomic E-state index is -0.000938. The van der Waals surface area contributed by atoms with Crippen molar-refractivity contribution < 1.29 is 9.53 Å². The van der Waals surface area contributed by atoms with Gasteiger partial charge < -0.3 is 14.5 Å². The van der Waals surface area contributed by atoms with Gasteiger partial charge in [0.05, 0.1) is 5.69 Å². The molecule has 0 spiro atoms. The lowest BCUT2D eigenvalue weighted by atomic mass is 10.3. The number of benzene rings is 1. The lowest BCUT2D eigenvalue weighted by molar-refractivity contribution is -0.133. The van der Waals surface area contributed by atoms with Crippen LogP contribution in [0.1, 0.15) is 5.69 Å². The number of anilines is 1. The van der Waals surface area contributed by atoms with Crippen LogP contribution in [0.5, 0.6) is 5.75 Å². The van der Waals surface area contributed by atoms with E-state index in [1.165, 1.54) is 0 Å². The summed E-state index contributed by atoms with van der Waals surface area (Å²) in [6, 6.07) is 15.1. The third kappa shape index (κ3) is 4.11. The lowest BCUT2D eigenvalue weighted by Crippen LogP contribution is -2.50. The first-order valence-corrected chi connectivity index (χ1v) is 9.26. The van der Waals surface area contributed by atoms with Crippen molar-refractivity contribution in [1.82, 2.24) is 24.9 Å². The van der Waals surface area contributed by atoms with Crippen molar-refractivity contribution in [2.24, 2.45) is 0 Å². The van der Waals surface area contributed by atoms with E-state index in [0.717, 1.165) is 11.5 Å². The van der Waals surface area contributed by atoms with Crippen LogP contribution in [0.4, 0.5) is 5.82 Å². The average molecular weight is 378 g/mol. The van der Waals surface area contributed by atoms with Gasteiger partial charge in [-0.15, -0.1) is 10.2 Å². The number of aryl methyl sites for hydroxylation is 1. The van der Waals surface area contributed by atoms with E-state index in [1.54, 1.807) is 4.68 Å². The molecule has 3 heterocycles. The van der Waals surface area contributed by atoms with Gasteiger partial charge in [-0.1, -0.05) is 18.2 Å². The Morgan fingerprint density at radius 1 is 0.964 bits per heavy atom. The molecule has 0 radical (unpaired) electrons. The van der Waals surface area contributed by atoms with Crippen LogP contribution in [0.2, 0.25) is 0 Å². The summed E-state index contributed by atoms with van der Waals surface area (Å²) in [4.78, 5) is 16.3. The molecule has 8 heteroatoms. The van der Waals surface area contributed by atoms with Crippen LogP contribution in [-0.2, 0) is 4.79 Å². The summed E-state index contributed by atoms with van der Waals surface area (Å²) in [7, 11) is 0. The molecule has 1 saturated heterocycles. The molecule has 1 amide bonds. The molecule has 2 aromatic heterocycles. The summed E-state index contributed by atoms with van der Waals surface area (Å²) in [6.07, 6.45) is 1.86. The number of amides is 1. The van der Waals surface area contributed by atoms with Gasteiger partial charge >= 0.3 is 0 Å². The van der Waals surface area contributed by atoms with E-state index in [2.05, 4.69) is 20.2 Å². The second kappa shape index (κ2) is 8.08. The highest BCUT2D eigenvalue weighted by molar-refractivity contribution is 5.78. The van der Waals surface area contributed by atoms with E-state index < -0.39 is 0 Å². The van der Waals surface area contributed by atoms with Crippen LogP contribution in [0, 0.1) is 6.92 Å². The first kappa shape index (κ1) is 18.0. The molecule has 0 aliphatic carbocycles. The molecular weight excluding hydrogens is 356 g/mol. The number of hydrogen-bond donors (Lipinski definition) is 0. The van der Waals surface area contributed by atoms with Gasteiger partial charge in [0.1, 0.15) is 5.75 Å². The van der Waals surface area contributed by atoms with E-state index in [0.29, 0.717) is 37.7 Å². The maximum atomic E-state index is 12.4. The van der Waals surface area contributed by atoms with Crippen LogP contribution < -0.4 is 9.64 Å². The molecule has 4 rings (SSSR count). The molecule has 28 heavy (non-hydrogen) atoms. The molecule has 0 bridgehead atoms. The van der Waals surface area contributed by atoms with Crippen molar-refractivity contribution in [1.29, 1.82) is 0 Å². The van der Waals surface area contributed by atoms with Gasteiger partial charge in [-0.05, 0) is 37.3 Å². The number of ether oxygens (including phenoxy) is 1. The summed E-state index contributed by atoms with van der Waals surface area (Å²) in [5.74, 6) is 2.19. The number of carbonyl (C=O) groups excluding carboxylic acids is 1. The van der Waals surface area contributed by atoms with Gasteiger partial charge in [-0.2, -0.15) is 5.10 Å². The van der Waals surface area contributed by atoms with Crippen LogP contribution in [-0.4, -0.2) is 63.6 Å². The number of piperazine rings is 1. The number of carbonyl (C=O) groups is 1. The Morgan fingerprint density at radius 2 is 1.68 bits per heavy atom. The van der Waals surface area contributed by atoms with Crippen LogP contribution >= 0.6 is 0 Å². The van der Waals surface area contributed by atoms with E-state index in [4.69, 9.17) is 4.74 Å². The number of rotatable bonds is 5. The molecule has 1 aromatic carbocycles. The molecule has 0 unspecified atom stereocenters. The summed E-state index contributed by atoms with van der Waals surface area (Å²) in [5.41, 5.74) is 0.933. The maximum absolute atomic E-state index is 12.4. The summed E-state index contributed by atoms with van der Waals surface area (Å²) in [6.45, 7) is 4.70. The van der Waals surface area contributed by atoms with Gasteiger partial charge in [0.15, 0.2) is 18.2 Å².